The third-order valence-corrected chi connectivity index (χ3v) is 2.68. The lowest BCUT2D eigenvalue weighted by Crippen LogP contribution is -2.08. The van der Waals surface area contributed by atoms with Crippen LogP contribution in [0.2, 0.25) is 0 Å². The van der Waals surface area contributed by atoms with E-state index in [1.807, 2.05) is 6.92 Å². The molecule has 1 aromatic rings. The van der Waals surface area contributed by atoms with Gasteiger partial charge in [-0.3, -0.25) is 0 Å². The van der Waals surface area contributed by atoms with Gasteiger partial charge in [-0.1, -0.05) is 13.0 Å². The summed E-state index contributed by atoms with van der Waals surface area (Å²) in [6, 6.07) is 4.68. The van der Waals surface area contributed by atoms with Crippen LogP contribution in [0.3, 0.4) is 0 Å². The fraction of sp³-hybridized carbons (Fsp3) is 0.455. The van der Waals surface area contributed by atoms with Crippen LogP contribution in [-0.2, 0) is 12.0 Å². The number of benzene rings is 1. The van der Waals surface area contributed by atoms with E-state index in [1.54, 1.807) is 6.07 Å². The summed E-state index contributed by atoms with van der Waals surface area (Å²) in [5.41, 5.74) is 1.13. The molecule has 0 unspecified atom stereocenters. The van der Waals surface area contributed by atoms with Gasteiger partial charge in [0.25, 0.3) is 0 Å². The number of halogens is 1. The molecule has 1 fully saturated rings. The number of hydrogen-bond acceptors (Lipinski definition) is 1. The second-order valence-electron chi connectivity index (χ2n) is 3.69. The molecule has 0 aliphatic heterocycles. The summed E-state index contributed by atoms with van der Waals surface area (Å²) in [7, 11) is 0. The molecule has 0 aromatic heterocycles. The normalized spacial score (nSPS) is 18.7. The highest BCUT2D eigenvalue weighted by Crippen LogP contribution is 2.46. The minimum absolute atomic E-state index is 0.257. The quantitative estimate of drug-likeness (QED) is 0.740. The maximum Gasteiger partial charge on any atom is 0.123 e. The smallest absolute Gasteiger partial charge is 0.123 e. The largest absolute Gasteiger partial charge is 0.385 e. The second-order valence-corrected chi connectivity index (χ2v) is 3.69. The molecule has 0 heterocycles. The minimum Gasteiger partial charge on any atom is -0.385 e. The van der Waals surface area contributed by atoms with E-state index in [0.717, 1.165) is 30.4 Å². The maximum absolute atomic E-state index is 12.9. The molecule has 0 atom stereocenters. The Labute approximate surface area is 77.2 Å². The van der Waals surface area contributed by atoms with E-state index in [1.165, 1.54) is 12.1 Å². The van der Waals surface area contributed by atoms with Gasteiger partial charge in [-0.05, 0) is 42.5 Å². The first-order chi connectivity index (χ1) is 6.15. The van der Waals surface area contributed by atoms with Gasteiger partial charge in [0.1, 0.15) is 5.82 Å². The zero-order chi connectivity index (χ0) is 9.47. The molecule has 2 rings (SSSR count). The zero-order valence-corrected chi connectivity index (χ0v) is 7.68. The number of rotatable bonds is 2. The molecule has 2 heteroatoms. The van der Waals surface area contributed by atoms with E-state index in [-0.39, 0.29) is 5.82 Å². The van der Waals surface area contributed by atoms with Gasteiger partial charge in [0.05, 0.1) is 5.60 Å². The highest BCUT2D eigenvalue weighted by molar-refractivity contribution is 5.36. The Hall–Kier alpha value is -0.890. The predicted octanol–water partition coefficient (Wildman–Crippen LogP) is 2.37. The summed E-state index contributed by atoms with van der Waals surface area (Å²) in [6.45, 7) is 2.02. The average Bonchev–Trinajstić information content (AvgIpc) is 2.85. The molecule has 1 aliphatic rings. The predicted molar refractivity (Wildman–Crippen MR) is 48.9 cm³/mol. The molecule has 0 spiro atoms. The Morgan fingerprint density at radius 1 is 1.46 bits per heavy atom. The molecule has 13 heavy (non-hydrogen) atoms. The summed E-state index contributed by atoms with van der Waals surface area (Å²) < 4.78 is 12.9. The third kappa shape index (κ3) is 1.46. The molecular formula is C11H13FO. The van der Waals surface area contributed by atoms with Crippen molar-refractivity contribution in [2.75, 3.05) is 0 Å². The fourth-order valence-corrected chi connectivity index (χ4v) is 1.68. The molecule has 1 nitrogen and oxygen atoms in total. The van der Waals surface area contributed by atoms with Gasteiger partial charge in [-0.25, -0.2) is 4.39 Å². The second kappa shape index (κ2) is 2.81. The van der Waals surface area contributed by atoms with Gasteiger partial charge in [-0.15, -0.1) is 0 Å². The Balaban J connectivity index is 2.47. The van der Waals surface area contributed by atoms with Crippen LogP contribution in [0.4, 0.5) is 4.39 Å². The lowest BCUT2D eigenvalue weighted by atomic mass is 9.99. The van der Waals surface area contributed by atoms with Crippen molar-refractivity contribution in [3.8, 4) is 0 Å². The SMILES string of the molecule is CCc1ccc(F)cc1C1(O)CC1. The Bertz CT molecular complexity index is 329. The van der Waals surface area contributed by atoms with Crippen molar-refractivity contribution in [1.29, 1.82) is 0 Å². The third-order valence-electron chi connectivity index (χ3n) is 2.68. The van der Waals surface area contributed by atoms with Gasteiger partial charge in [0.15, 0.2) is 0 Å². The van der Waals surface area contributed by atoms with E-state index >= 15 is 0 Å². The number of hydrogen-bond donors (Lipinski definition) is 1. The topological polar surface area (TPSA) is 20.2 Å². The first-order valence-electron chi connectivity index (χ1n) is 4.67. The van der Waals surface area contributed by atoms with E-state index in [9.17, 15) is 9.50 Å². The van der Waals surface area contributed by atoms with Crippen LogP contribution < -0.4 is 0 Å². The standard InChI is InChI=1S/C11H13FO/c1-2-8-3-4-9(12)7-10(8)11(13)5-6-11/h3-4,7,13H,2,5-6H2,1H3. The van der Waals surface area contributed by atoms with Gasteiger partial charge in [0, 0.05) is 0 Å². The van der Waals surface area contributed by atoms with E-state index in [2.05, 4.69) is 0 Å². The van der Waals surface area contributed by atoms with Crippen molar-refractivity contribution >= 4 is 0 Å². The average molecular weight is 180 g/mol. The Morgan fingerprint density at radius 3 is 2.69 bits per heavy atom. The fourth-order valence-electron chi connectivity index (χ4n) is 1.68. The summed E-state index contributed by atoms with van der Waals surface area (Å²) in [5, 5.41) is 9.87. The highest BCUT2D eigenvalue weighted by Gasteiger charge is 2.43. The first-order valence-corrected chi connectivity index (χ1v) is 4.67. The van der Waals surface area contributed by atoms with Crippen LogP contribution in [0, 0.1) is 5.82 Å². The van der Waals surface area contributed by atoms with Crippen molar-refractivity contribution in [2.45, 2.75) is 31.8 Å². The summed E-state index contributed by atoms with van der Waals surface area (Å²) >= 11 is 0. The van der Waals surface area contributed by atoms with E-state index in [0.29, 0.717) is 0 Å². The van der Waals surface area contributed by atoms with Crippen LogP contribution in [0.25, 0.3) is 0 Å². The van der Waals surface area contributed by atoms with Crippen LogP contribution in [0.1, 0.15) is 30.9 Å². The van der Waals surface area contributed by atoms with Crippen LogP contribution >= 0.6 is 0 Å². The van der Waals surface area contributed by atoms with Crippen LogP contribution in [0.15, 0.2) is 18.2 Å². The maximum atomic E-state index is 12.9. The van der Waals surface area contributed by atoms with Crippen molar-refractivity contribution in [3.05, 3.63) is 35.1 Å². The monoisotopic (exact) mass is 180 g/mol. The molecule has 0 saturated heterocycles. The molecule has 0 radical (unpaired) electrons. The molecule has 1 aliphatic carbocycles. The Kier molecular flexibility index (Phi) is 1.88. The zero-order valence-electron chi connectivity index (χ0n) is 7.68. The summed E-state index contributed by atoms with van der Waals surface area (Å²) in [4.78, 5) is 0. The molecule has 70 valence electrons. The van der Waals surface area contributed by atoms with Crippen LogP contribution in [0.5, 0.6) is 0 Å². The van der Waals surface area contributed by atoms with Crippen molar-refractivity contribution < 1.29 is 9.50 Å². The van der Waals surface area contributed by atoms with Crippen molar-refractivity contribution in [1.82, 2.24) is 0 Å². The summed E-state index contributed by atoms with van der Waals surface area (Å²) in [5.74, 6) is -0.257. The van der Waals surface area contributed by atoms with Gasteiger partial charge >= 0.3 is 0 Å². The lowest BCUT2D eigenvalue weighted by molar-refractivity contribution is 0.150. The van der Waals surface area contributed by atoms with E-state index in [4.69, 9.17) is 0 Å². The lowest BCUT2D eigenvalue weighted by Gasteiger charge is -2.12. The molecule has 0 bridgehead atoms. The van der Waals surface area contributed by atoms with Crippen molar-refractivity contribution in [3.63, 3.8) is 0 Å². The molecule has 1 saturated carbocycles. The minimum atomic E-state index is -0.715. The Morgan fingerprint density at radius 2 is 2.15 bits per heavy atom. The van der Waals surface area contributed by atoms with E-state index < -0.39 is 5.60 Å². The first kappa shape index (κ1) is 8.70. The highest BCUT2D eigenvalue weighted by atomic mass is 19.1. The van der Waals surface area contributed by atoms with Gasteiger partial charge in [-0.2, -0.15) is 0 Å². The summed E-state index contributed by atoms with van der Waals surface area (Å²) in [6.07, 6.45) is 2.38. The number of aryl methyl sites for hydroxylation is 1. The number of aliphatic hydroxyl groups is 1. The molecular weight excluding hydrogens is 167 g/mol. The molecule has 1 aromatic carbocycles. The molecule has 0 amide bonds. The van der Waals surface area contributed by atoms with Crippen molar-refractivity contribution in [2.24, 2.45) is 0 Å². The van der Waals surface area contributed by atoms with Gasteiger partial charge in [0.2, 0.25) is 0 Å². The molecule has 1 N–H and O–H groups in total. The van der Waals surface area contributed by atoms with Crippen LogP contribution in [-0.4, -0.2) is 5.11 Å². The van der Waals surface area contributed by atoms with Gasteiger partial charge < -0.3 is 5.11 Å².